The number of nitrogens with two attached hydrogens (primary N) is 1. The second-order valence-electron chi connectivity index (χ2n) is 8.75. The number of ether oxygens (including phenoxy) is 2. The summed E-state index contributed by atoms with van der Waals surface area (Å²) in [6.07, 6.45) is 8.17. The van der Waals surface area contributed by atoms with Gasteiger partial charge in [0.25, 0.3) is 0 Å². The van der Waals surface area contributed by atoms with Crippen LogP contribution in [-0.4, -0.2) is 25.1 Å². The van der Waals surface area contributed by atoms with Crippen LogP contribution >= 0.6 is 0 Å². The molecule has 0 saturated heterocycles. The van der Waals surface area contributed by atoms with Crippen molar-refractivity contribution in [1.29, 1.82) is 0 Å². The largest absolute Gasteiger partial charge is 0.398 e. The summed E-state index contributed by atoms with van der Waals surface area (Å²) in [5, 5.41) is 11.3. The minimum absolute atomic E-state index is 0.362. The Bertz CT molecular complexity index is 679. The number of hydrogen-bond donors (Lipinski definition) is 2. The van der Waals surface area contributed by atoms with E-state index in [9.17, 15) is 5.11 Å². The van der Waals surface area contributed by atoms with Crippen LogP contribution < -0.4 is 5.73 Å². The molecule has 1 aromatic carbocycles. The van der Waals surface area contributed by atoms with Crippen LogP contribution in [-0.2, 0) is 15.1 Å². The van der Waals surface area contributed by atoms with Crippen LogP contribution in [0, 0.1) is 5.41 Å². The van der Waals surface area contributed by atoms with Gasteiger partial charge in [0.2, 0.25) is 0 Å². The number of anilines is 1. The smallest absolute Gasteiger partial charge is 0.167 e. The molecule has 2 aliphatic rings. The van der Waals surface area contributed by atoms with Crippen LogP contribution in [0.2, 0.25) is 0 Å². The van der Waals surface area contributed by atoms with Gasteiger partial charge in [0.1, 0.15) is 0 Å². The van der Waals surface area contributed by atoms with Crippen molar-refractivity contribution >= 4 is 11.3 Å². The predicted octanol–water partition coefficient (Wildman–Crippen LogP) is 4.61. The molecule has 0 aromatic heterocycles. The summed E-state index contributed by atoms with van der Waals surface area (Å²) in [6.45, 7) is 4.62. The third-order valence-corrected chi connectivity index (χ3v) is 6.49. The van der Waals surface area contributed by atoms with Gasteiger partial charge in [-0.1, -0.05) is 26.0 Å². The van der Waals surface area contributed by atoms with Crippen LogP contribution in [0.3, 0.4) is 0 Å². The number of methoxy groups -OCH3 is 2. The lowest BCUT2D eigenvalue weighted by molar-refractivity contribution is -0.243. The first-order valence-corrected chi connectivity index (χ1v) is 9.65. The van der Waals surface area contributed by atoms with Crippen LogP contribution in [0.25, 0.3) is 5.57 Å². The summed E-state index contributed by atoms with van der Waals surface area (Å²) in [5.74, 6) is -0.569. The van der Waals surface area contributed by atoms with Crippen molar-refractivity contribution in [2.75, 3.05) is 20.0 Å². The van der Waals surface area contributed by atoms with Gasteiger partial charge in [-0.2, -0.15) is 0 Å². The number of aliphatic hydroxyl groups is 1. The van der Waals surface area contributed by atoms with E-state index < -0.39 is 11.4 Å². The van der Waals surface area contributed by atoms with E-state index >= 15 is 0 Å². The van der Waals surface area contributed by atoms with E-state index in [4.69, 9.17) is 15.2 Å². The average molecular weight is 360 g/mol. The van der Waals surface area contributed by atoms with E-state index in [1.807, 2.05) is 12.1 Å². The topological polar surface area (TPSA) is 64.7 Å². The molecular formula is C22H33NO3. The zero-order chi connectivity index (χ0) is 19.0. The summed E-state index contributed by atoms with van der Waals surface area (Å²) in [4.78, 5) is 0. The monoisotopic (exact) mass is 359 g/mol. The summed E-state index contributed by atoms with van der Waals surface area (Å²) in [5.41, 5.74) is 9.94. The molecule has 1 saturated carbocycles. The van der Waals surface area contributed by atoms with Crippen molar-refractivity contribution in [2.45, 2.75) is 70.2 Å². The second-order valence-corrected chi connectivity index (χ2v) is 8.75. The Morgan fingerprint density at radius 2 is 1.65 bits per heavy atom. The van der Waals surface area contributed by atoms with Crippen LogP contribution in [0.1, 0.15) is 69.9 Å². The van der Waals surface area contributed by atoms with Gasteiger partial charge in [0, 0.05) is 38.3 Å². The quantitative estimate of drug-likeness (QED) is 0.608. The van der Waals surface area contributed by atoms with Crippen molar-refractivity contribution in [1.82, 2.24) is 0 Å². The Morgan fingerprint density at radius 1 is 1.00 bits per heavy atom. The van der Waals surface area contributed by atoms with Crippen molar-refractivity contribution in [3.8, 4) is 0 Å². The molecule has 26 heavy (non-hydrogen) atoms. The maximum Gasteiger partial charge on any atom is 0.167 e. The van der Waals surface area contributed by atoms with Crippen molar-refractivity contribution in [2.24, 2.45) is 5.41 Å². The fraction of sp³-hybridized carbons (Fsp3) is 0.636. The van der Waals surface area contributed by atoms with Crippen LogP contribution in [0.5, 0.6) is 0 Å². The lowest BCUT2D eigenvalue weighted by Crippen LogP contribution is -2.43. The third kappa shape index (κ3) is 3.68. The minimum Gasteiger partial charge on any atom is -0.398 e. The lowest BCUT2D eigenvalue weighted by atomic mass is 9.74. The minimum atomic E-state index is -0.850. The molecule has 0 atom stereocenters. The van der Waals surface area contributed by atoms with Gasteiger partial charge < -0.3 is 20.3 Å². The zero-order valence-electron chi connectivity index (χ0n) is 16.6. The van der Waals surface area contributed by atoms with Gasteiger partial charge in [0.15, 0.2) is 5.79 Å². The van der Waals surface area contributed by atoms with Gasteiger partial charge in [-0.05, 0) is 60.8 Å². The zero-order valence-corrected chi connectivity index (χ0v) is 16.6. The van der Waals surface area contributed by atoms with E-state index in [-0.39, 0.29) is 0 Å². The number of benzene rings is 1. The van der Waals surface area contributed by atoms with Gasteiger partial charge in [0.05, 0.1) is 5.60 Å². The van der Waals surface area contributed by atoms with Gasteiger partial charge in [-0.25, -0.2) is 0 Å². The molecule has 0 aliphatic heterocycles. The maximum atomic E-state index is 11.3. The molecule has 0 radical (unpaired) electrons. The Balaban J connectivity index is 1.85. The summed E-state index contributed by atoms with van der Waals surface area (Å²) < 4.78 is 11.1. The molecule has 0 heterocycles. The van der Waals surface area contributed by atoms with Gasteiger partial charge in [-0.15, -0.1) is 0 Å². The Labute approximate surface area is 157 Å². The summed E-state index contributed by atoms with van der Waals surface area (Å²) in [6, 6.07) is 6.02. The highest BCUT2D eigenvalue weighted by Gasteiger charge is 2.43. The van der Waals surface area contributed by atoms with Crippen molar-refractivity contribution in [3.63, 3.8) is 0 Å². The number of rotatable bonds is 4. The molecule has 3 N–H and O–H groups in total. The van der Waals surface area contributed by atoms with Crippen LogP contribution in [0.15, 0.2) is 24.3 Å². The van der Waals surface area contributed by atoms with E-state index in [1.54, 1.807) is 14.2 Å². The Hall–Kier alpha value is -1.36. The highest BCUT2D eigenvalue weighted by Crippen LogP contribution is 2.45. The second kappa shape index (κ2) is 6.99. The van der Waals surface area contributed by atoms with E-state index in [1.165, 1.54) is 5.57 Å². The number of hydrogen-bond acceptors (Lipinski definition) is 4. The molecule has 0 amide bonds. The highest BCUT2D eigenvalue weighted by molar-refractivity contribution is 5.76. The first-order chi connectivity index (χ1) is 12.2. The molecule has 1 fully saturated rings. The molecule has 144 valence electrons. The summed E-state index contributed by atoms with van der Waals surface area (Å²) >= 11 is 0. The molecule has 3 rings (SSSR count). The molecule has 0 spiro atoms. The molecular weight excluding hydrogens is 326 g/mol. The molecule has 0 bridgehead atoms. The summed E-state index contributed by atoms with van der Waals surface area (Å²) in [7, 11) is 3.35. The molecule has 1 aromatic rings. The van der Waals surface area contributed by atoms with E-state index in [0.717, 1.165) is 36.1 Å². The number of allylic oxidation sites excluding steroid dienone is 2. The first-order valence-electron chi connectivity index (χ1n) is 9.65. The van der Waals surface area contributed by atoms with E-state index in [2.05, 4.69) is 26.0 Å². The molecule has 4 heteroatoms. The fourth-order valence-electron chi connectivity index (χ4n) is 4.27. The Morgan fingerprint density at radius 3 is 2.19 bits per heavy atom. The lowest BCUT2D eigenvalue weighted by Gasteiger charge is -2.42. The molecule has 0 unspecified atom stereocenters. The van der Waals surface area contributed by atoms with E-state index in [0.29, 0.717) is 31.1 Å². The first kappa shape index (κ1) is 19.4. The van der Waals surface area contributed by atoms with Gasteiger partial charge >= 0.3 is 0 Å². The van der Waals surface area contributed by atoms with Crippen molar-refractivity contribution in [3.05, 3.63) is 35.4 Å². The average Bonchev–Trinajstić information content (AvgIpc) is 2.63. The molecule has 2 aliphatic carbocycles. The maximum absolute atomic E-state index is 11.3. The standard InChI is InChI=1S/C22H33NO3/c1-20(2)9-7-16(8-10-20)18-15-17(5-6-19(18)23)21(24)11-13-22(25-3,26-4)14-12-21/h5-7,15,24H,8-14,23H2,1-4H3. The predicted molar refractivity (Wildman–Crippen MR) is 106 cm³/mol. The SMILES string of the molecule is COC1(OC)CCC(O)(c2ccc(N)c(C3=CCC(C)(C)CC3)c2)CC1. The third-order valence-electron chi connectivity index (χ3n) is 6.49. The number of nitrogen functional groups attached to an aromatic ring is 1. The van der Waals surface area contributed by atoms with Crippen LogP contribution in [0.4, 0.5) is 5.69 Å². The fourth-order valence-corrected chi connectivity index (χ4v) is 4.27. The molecule has 4 nitrogen and oxygen atoms in total. The van der Waals surface area contributed by atoms with Crippen molar-refractivity contribution < 1.29 is 14.6 Å². The Kier molecular flexibility index (Phi) is 5.22. The van der Waals surface area contributed by atoms with Gasteiger partial charge in [-0.3, -0.25) is 0 Å². The normalized spacial score (nSPS) is 24.1. The highest BCUT2D eigenvalue weighted by atomic mass is 16.7.